The number of para-hydroxylation sites is 1. The molecule has 0 radical (unpaired) electrons. The summed E-state index contributed by atoms with van der Waals surface area (Å²) in [5.74, 6) is 0.727. The number of benzene rings is 6. The van der Waals surface area contributed by atoms with Crippen LogP contribution in [0, 0.1) is 0 Å². The number of hydrogen-bond donors (Lipinski definition) is 0. The molecule has 0 aliphatic rings. The molecule has 6 aromatic carbocycles. The summed E-state index contributed by atoms with van der Waals surface area (Å²) in [5.41, 5.74) is 5.32. The fraction of sp³-hybridized carbons (Fsp3) is 0.152. The summed E-state index contributed by atoms with van der Waals surface area (Å²) in [6.45, 7) is 12.6. The molecular weight excluding hydrogens is 672 g/mol. The minimum atomic E-state index is -0.446. The van der Waals surface area contributed by atoms with E-state index in [0.717, 1.165) is 16.6 Å². The minimum absolute atomic E-state index is 0.00159. The quantitative estimate of drug-likeness (QED) is 0.0635. The van der Waals surface area contributed by atoms with Gasteiger partial charge in [0, 0.05) is 6.21 Å². The maximum atomic E-state index is 11.9. The predicted octanol–water partition coefficient (Wildman–Crippen LogP) is 9.79. The van der Waals surface area contributed by atoms with Gasteiger partial charge in [-0.25, -0.2) is 0 Å². The number of allylic oxidation sites excluding steroid dienone is 1. The van der Waals surface area contributed by atoms with Gasteiger partial charge in [-0.15, -0.1) is 12.3 Å². The normalized spacial score (nSPS) is 10.8. The fourth-order valence-corrected chi connectivity index (χ4v) is 7.86. The summed E-state index contributed by atoms with van der Waals surface area (Å²) in [6.07, 6.45) is 4.48. The van der Waals surface area contributed by atoms with E-state index in [2.05, 4.69) is 153 Å². The summed E-state index contributed by atoms with van der Waals surface area (Å²) < 4.78 is 0.947. The van der Waals surface area contributed by atoms with Crippen LogP contribution in [-0.2, 0) is 21.9 Å². The van der Waals surface area contributed by atoms with Gasteiger partial charge < -0.3 is 5.11 Å². The third-order valence-electron chi connectivity index (χ3n) is 7.86. The van der Waals surface area contributed by atoms with E-state index in [0.29, 0.717) is 17.4 Å². The van der Waals surface area contributed by atoms with Crippen LogP contribution in [0.3, 0.4) is 0 Å². The Kier molecular flexibility index (Phi) is 15.5. The minimum Gasteiger partial charge on any atom is -0.0622 e. The first-order valence-electron chi connectivity index (χ1n) is 17.0. The van der Waals surface area contributed by atoms with Gasteiger partial charge in [-0.1, -0.05) is 161 Å². The molecule has 0 bridgehead atoms. The van der Waals surface area contributed by atoms with Crippen molar-refractivity contribution >= 4 is 40.3 Å². The van der Waals surface area contributed by atoms with Crippen LogP contribution in [0.25, 0.3) is 0 Å². The van der Waals surface area contributed by atoms with Crippen molar-refractivity contribution in [2.24, 2.45) is 4.99 Å². The van der Waals surface area contributed by atoms with Gasteiger partial charge in [-0.3, -0.25) is 4.99 Å². The van der Waals surface area contributed by atoms with Crippen LogP contribution in [0.15, 0.2) is 175 Å². The van der Waals surface area contributed by atoms with Crippen molar-refractivity contribution in [3.05, 3.63) is 193 Å². The molecule has 4 heteroatoms. The second-order valence-corrected chi connectivity index (χ2v) is 15.1. The number of rotatable bonds is 9. The third kappa shape index (κ3) is 11.5. The zero-order chi connectivity index (χ0) is 35.7. The maximum absolute atomic E-state index is 11.9. The van der Waals surface area contributed by atoms with Gasteiger partial charge in [0.1, 0.15) is 0 Å². The molecule has 0 fully saturated rings. The molecule has 0 aliphatic carbocycles. The molecule has 6 rings (SSSR count). The molecule has 0 spiro atoms. The van der Waals surface area contributed by atoms with Crippen molar-refractivity contribution in [3.63, 3.8) is 0 Å². The smallest absolute Gasteiger partial charge is 0.0134 e. The summed E-state index contributed by atoms with van der Waals surface area (Å²) in [4.78, 5) is 4.73. The molecule has 0 amide bonds. The van der Waals surface area contributed by atoms with Gasteiger partial charge in [-0.05, 0) is 64.3 Å². The molecule has 0 atom stereocenters. The van der Waals surface area contributed by atoms with E-state index >= 15 is 0 Å². The summed E-state index contributed by atoms with van der Waals surface area (Å²) in [5, 5.41) is 16.1. The van der Waals surface area contributed by atoms with Crippen molar-refractivity contribution in [2.45, 2.75) is 46.0 Å². The largest absolute Gasteiger partial charge is 0.0622 e. The van der Waals surface area contributed by atoms with E-state index in [4.69, 9.17) is 4.99 Å². The van der Waals surface area contributed by atoms with Crippen LogP contribution in [0.1, 0.15) is 61.8 Å². The first-order chi connectivity index (χ1) is 24.3. The molecule has 0 N–H and O–H groups in total. The molecule has 0 aromatic heterocycles. The van der Waals surface area contributed by atoms with Gasteiger partial charge in [0.25, 0.3) is 0 Å². The first-order valence-corrected chi connectivity index (χ1v) is 18.8. The molecule has 256 valence electrons. The average Bonchev–Trinajstić information content (AvgIpc) is 3.14. The van der Waals surface area contributed by atoms with Crippen LogP contribution < -0.4 is 25.6 Å². The molecule has 0 aliphatic heterocycles. The Hall–Kier alpha value is -4.55. The molecule has 50 heavy (non-hydrogen) atoms. The van der Waals surface area contributed by atoms with Crippen molar-refractivity contribution in [3.8, 4) is 5.75 Å². The Morgan fingerprint density at radius 2 is 1.02 bits per heavy atom. The molecule has 0 saturated heterocycles. The number of aliphatic imine (C=N–C) groups is 1. The second kappa shape index (κ2) is 20.2. The Bertz CT molecular complexity index is 1780. The summed E-state index contributed by atoms with van der Waals surface area (Å²) in [7, 11) is -0.446. The van der Waals surface area contributed by atoms with E-state index in [1.54, 1.807) is 18.3 Å². The van der Waals surface area contributed by atoms with Gasteiger partial charge in [0.05, 0.1) is 5.69 Å². The number of hydrogen-bond acceptors (Lipinski definition) is 2. The average molecular weight is 719 g/mol. The van der Waals surface area contributed by atoms with Crippen molar-refractivity contribution in [1.29, 1.82) is 0 Å². The van der Waals surface area contributed by atoms with Crippen LogP contribution in [0.2, 0.25) is 0 Å². The Morgan fingerprint density at radius 3 is 1.38 bits per heavy atom. The van der Waals surface area contributed by atoms with Gasteiger partial charge >= 0.3 is 50.3 Å². The zero-order valence-corrected chi connectivity index (χ0v) is 31.2. The van der Waals surface area contributed by atoms with Crippen LogP contribution in [0.5, 0.6) is 5.75 Å². The van der Waals surface area contributed by atoms with Crippen molar-refractivity contribution < 1.29 is 20.6 Å². The molecule has 0 heterocycles. The van der Waals surface area contributed by atoms with Gasteiger partial charge in [0.2, 0.25) is 0 Å². The van der Waals surface area contributed by atoms with Crippen LogP contribution in [0.4, 0.5) is 5.69 Å². The molecule has 0 unspecified atom stereocenters. The first kappa shape index (κ1) is 38.3. The predicted molar refractivity (Wildman–Crippen MR) is 213 cm³/mol. The molecule has 6 aromatic rings. The summed E-state index contributed by atoms with van der Waals surface area (Å²) in [6, 6.07) is 53.4. The molecular formula is C46H46NNiOP. The number of nitrogens with zero attached hydrogens (tertiary/aromatic N) is 1. The van der Waals surface area contributed by atoms with E-state index in [1.807, 2.05) is 48.5 Å². The molecule has 0 saturated carbocycles. The maximum Gasteiger partial charge on any atom is -0.0134 e. The topological polar surface area (TPSA) is 35.4 Å². The standard InChI is InChI=1S/C22H27NO.C18H15P.C6H5.Ni/c1-6-9-17-12-19(15(2)3)22(20(13-17)16(4)5)23-14-18-10-7-8-11-21(18)24;1-4-10-16(11-5-1)19(17-12-6-2-7-13-17)18-14-8-3-9-15-18;1-2-4-6-5-3-1;/h6-8,10-16,24H,1,9H2,2-5H3;1-15H;1-5H;/q;;;+1/p-1. The Balaban J connectivity index is 0.000000191. The van der Waals surface area contributed by atoms with Gasteiger partial charge in [0.15, 0.2) is 0 Å². The fourth-order valence-electron chi connectivity index (χ4n) is 5.36. The zero-order valence-electron chi connectivity index (χ0n) is 29.4. The van der Waals surface area contributed by atoms with E-state index < -0.39 is 7.92 Å². The van der Waals surface area contributed by atoms with Crippen LogP contribution in [-0.4, -0.2) is 6.21 Å². The Morgan fingerprint density at radius 1 is 0.620 bits per heavy atom. The van der Waals surface area contributed by atoms with Crippen molar-refractivity contribution in [1.82, 2.24) is 0 Å². The van der Waals surface area contributed by atoms with Gasteiger partial charge in [-0.2, -0.15) is 0 Å². The Labute approximate surface area is 308 Å². The van der Waals surface area contributed by atoms with Crippen molar-refractivity contribution in [2.75, 3.05) is 0 Å². The van der Waals surface area contributed by atoms with E-state index in [1.165, 1.54) is 32.6 Å². The second-order valence-electron chi connectivity index (χ2n) is 12.3. The SMILES string of the molecule is C=CCc1cc(C(C)C)c(N=Cc2ccccc2[O-])c(C(C)C)c1.[Ni+][c]1ccccc1.c1ccc(P(c2ccccc2)c2ccccc2)cc1. The van der Waals surface area contributed by atoms with E-state index in [9.17, 15) is 5.11 Å². The van der Waals surface area contributed by atoms with E-state index in [-0.39, 0.29) is 5.75 Å². The monoisotopic (exact) mass is 717 g/mol. The van der Waals surface area contributed by atoms with Crippen LogP contribution >= 0.6 is 7.92 Å². The molecule has 2 nitrogen and oxygen atoms in total. The summed E-state index contributed by atoms with van der Waals surface area (Å²) >= 11 is 4.54. The third-order valence-corrected chi connectivity index (χ3v) is 10.6.